The minimum atomic E-state index is -8.38. The number of halogens is 17. The van der Waals surface area contributed by atoms with E-state index in [4.69, 9.17) is 4.55 Å². The molecule has 0 saturated heterocycles. The second kappa shape index (κ2) is 17.6. The molecule has 348 valence electrons. The molecule has 1 N–H and O–H groups in total. The molecule has 1 atom stereocenters. The van der Waals surface area contributed by atoms with E-state index in [2.05, 4.69) is 35.5 Å². The maximum absolute atomic E-state index is 14.3. The predicted molar refractivity (Wildman–Crippen MR) is 185 cm³/mol. The zero-order chi connectivity index (χ0) is 47.1. The van der Waals surface area contributed by atoms with Gasteiger partial charge in [-0.3, -0.25) is 4.55 Å². The first-order valence-corrected chi connectivity index (χ1v) is 19.6. The van der Waals surface area contributed by atoms with Gasteiger partial charge >= 0.3 is 48.4 Å². The van der Waals surface area contributed by atoms with Crippen LogP contribution in [0.3, 0.4) is 0 Å². The Balaban J connectivity index is 1.41. The van der Waals surface area contributed by atoms with Crippen LogP contribution in [-0.4, -0.2) is 73.2 Å². The number of hydrogen-bond donors (Lipinski definition) is 1. The summed E-state index contributed by atoms with van der Waals surface area (Å²) >= 11 is 0. The molecule has 0 aliphatic heterocycles. The normalized spacial score (nSPS) is 18.5. The summed E-state index contributed by atoms with van der Waals surface area (Å²) in [6.45, 7) is 1.74. The molecule has 0 heterocycles. The van der Waals surface area contributed by atoms with Crippen molar-refractivity contribution in [1.82, 2.24) is 0 Å². The highest BCUT2D eigenvalue weighted by Gasteiger charge is 2.87. The average molecular weight is 943 g/mol. The smallest absolute Gasteiger partial charge is 0.460 e. The molecule has 4 rings (SSSR count). The van der Waals surface area contributed by atoms with Gasteiger partial charge in [-0.05, 0) is 96.4 Å². The summed E-state index contributed by atoms with van der Waals surface area (Å²) in [6.07, 6.45) is -31.2. The number of benzene rings is 3. The summed E-state index contributed by atoms with van der Waals surface area (Å²) in [5, 5.41) is -6.64. The molecule has 0 aromatic heterocycles. The van der Waals surface area contributed by atoms with Crippen molar-refractivity contribution < 1.29 is 102 Å². The van der Waals surface area contributed by atoms with Gasteiger partial charge in [-0.2, -0.15) is 83.1 Å². The molecule has 6 nitrogen and oxygen atoms in total. The van der Waals surface area contributed by atoms with Gasteiger partial charge in [0, 0.05) is 0 Å². The van der Waals surface area contributed by atoms with Crippen molar-refractivity contribution in [1.29, 1.82) is 0 Å². The topological polar surface area (TPSA) is 82.1 Å². The lowest BCUT2D eigenvalue weighted by atomic mass is 9.74. The van der Waals surface area contributed by atoms with Crippen molar-refractivity contribution in [3.63, 3.8) is 0 Å². The fourth-order valence-corrected chi connectivity index (χ4v) is 8.02. The van der Waals surface area contributed by atoms with E-state index in [0.29, 0.717) is 18.4 Å². The molecule has 1 unspecified atom stereocenters. The molecule has 3 aromatic rings. The summed E-state index contributed by atoms with van der Waals surface area (Å²) in [6, 6.07) is 19.1. The highest BCUT2D eigenvalue weighted by atomic mass is 32.2. The number of ether oxygens (including phenoxy) is 3. The fraction of sp³-hybridized carbons (Fsp3) is 0.526. The first kappa shape index (κ1) is 50.7. The van der Waals surface area contributed by atoms with Crippen molar-refractivity contribution in [2.24, 2.45) is 0 Å². The summed E-state index contributed by atoms with van der Waals surface area (Å²) < 4.78 is 273. The molecule has 1 saturated carbocycles. The summed E-state index contributed by atoms with van der Waals surface area (Å²) in [7, 11) is -7.99. The van der Waals surface area contributed by atoms with Crippen LogP contribution in [0.4, 0.5) is 74.6 Å². The Kier molecular flexibility index (Phi) is 14.4. The molecular weight excluding hydrogens is 907 g/mol. The second-order valence-corrected chi connectivity index (χ2v) is 15.9. The van der Waals surface area contributed by atoms with Crippen LogP contribution in [0, 0.1) is 6.92 Å². The van der Waals surface area contributed by atoms with E-state index < -0.39 is 76.1 Å². The van der Waals surface area contributed by atoms with Gasteiger partial charge in [-0.15, -0.1) is 0 Å². The zero-order valence-electron chi connectivity index (χ0n) is 31.9. The van der Waals surface area contributed by atoms with E-state index in [1.54, 1.807) is 0 Å². The largest absolute Gasteiger partial charge is 0.484 e. The Morgan fingerprint density at radius 1 is 0.677 bits per heavy atom. The molecule has 0 radical (unpaired) electrons. The van der Waals surface area contributed by atoms with Gasteiger partial charge < -0.3 is 4.74 Å². The van der Waals surface area contributed by atoms with E-state index in [-0.39, 0.29) is 11.8 Å². The quantitative estimate of drug-likeness (QED) is 0.101. The van der Waals surface area contributed by atoms with Gasteiger partial charge in [0.1, 0.15) is 5.75 Å². The minimum Gasteiger partial charge on any atom is -0.484 e. The summed E-state index contributed by atoms with van der Waals surface area (Å²) in [4.78, 5) is 0. The SMILES string of the molecule is CCCc1c(-c2ccccc2)ccc(C2CCC(c3ccc(OCC(F)(F)OC(F)(F)C(F)(F)OC(F)(F)C(C(F)(F)C(F)(F)C(F)(F)C(F)(F)F)S(=O)(=O)O)cc3)CC2)c1C. The average Bonchev–Trinajstić information content (AvgIpc) is 3.13. The van der Waals surface area contributed by atoms with Gasteiger partial charge in [0.15, 0.2) is 6.61 Å². The molecule has 62 heavy (non-hydrogen) atoms. The molecule has 0 spiro atoms. The van der Waals surface area contributed by atoms with Crippen LogP contribution in [-0.2, 0) is 26.0 Å². The maximum Gasteiger partial charge on any atom is 0.460 e. The monoisotopic (exact) mass is 942 g/mol. The maximum atomic E-state index is 14.3. The van der Waals surface area contributed by atoms with Crippen molar-refractivity contribution in [2.45, 2.75) is 118 Å². The van der Waals surface area contributed by atoms with Crippen LogP contribution < -0.4 is 4.74 Å². The van der Waals surface area contributed by atoms with Crippen LogP contribution in [0.2, 0.25) is 0 Å². The molecule has 1 fully saturated rings. The molecule has 0 amide bonds. The lowest BCUT2D eigenvalue weighted by Crippen LogP contribution is -2.69. The minimum absolute atomic E-state index is 0.0316. The van der Waals surface area contributed by atoms with E-state index >= 15 is 0 Å². The lowest BCUT2D eigenvalue weighted by molar-refractivity contribution is -0.517. The Morgan fingerprint density at radius 3 is 1.69 bits per heavy atom. The number of hydrogen-bond acceptors (Lipinski definition) is 5. The zero-order valence-corrected chi connectivity index (χ0v) is 32.7. The van der Waals surface area contributed by atoms with E-state index in [0.717, 1.165) is 48.9 Å². The van der Waals surface area contributed by atoms with Gasteiger partial charge in [0.2, 0.25) is 5.25 Å². The molecule has 1 aliphatic rings. The second-order valence-electron chi connectivity index (χ2n) is 14.4. The highest BCUT2D eigenvalue weighted by molar-refractivity contribution is 7.86. The van der Waals surface area contributed by atoms with Crippen molar-refractivity contribution in [2.75, 3.05) is 6.61 Å². The van der Waals surface area contributed by atoms with Crippen molar-refractivity contribution in [3.05, 3.63) is 89.0 Å². The van der Waals surface area contributed by atoms with Crippen LogP contribution in [0.25, 0.3) is 11.1 Å². The van der Waals surface area contributed by atoms with Gasteiger partial charge in [0.25, 0.3) is 10.1 Å². The van der Waals surface area contributed by atoms with Crippen LogP contribution in [0.1, 0.15) is 73.1 Å². The third-order valence-electron chi connectivity index (χ3n) is 10.1. The first-order chi connectivity index (χ1) is 28.1. The van der Waals surface area contributed by atoms with E-state index in [1.165, 1.54) is 28.8 Å². The first-order valence-electron chi connectivity index (χ1n) is 18.1. The van der Waals surface area contributed by atoms with Crippen LogP contribution in [0.15, 0.2) is 66.7 Å². The summed E-state index contributed by atoms with van der Waals surface area (Å²) in [5.41, 5.74) is 6.60. The van der Waals surface area contributed by atoms with Gasteiger partial charge in [-0.25, -0.2) is 9.47 Å². The Morgan fingerprint density at radius 2 is 1.19 bits per heavy atom. The molecule has 3 aromatic carbocycles. The number of rotatable bonds is 18. The predicted octanol–water partition coefficient (Wildman–Crippen LogP) is 12.6. The third-order valence-corrected chi connectivity index (χ3v) is 11.3. The molecular formula is C38H35F17O6S. The van der Waals surface area contributed by atoms with Gasteiger partial charge in [-0.1, -0.05) is 67.9 Å². The van der Waals surface area contributed by atoms with Crippen molar-refractivity contribution >= 4 is 10.1 Å². The standard InChI is InChI=1S/C38H35F17O6S/c1-3-7-28-21(2)27(18-19-29(28)24-8-5-4-6-9-24)25-12-10-22(11-13-25)23-14-16-26(17-15-23)59-20-31(39,40)60-37(52,53)38(54,55)61-33(43,44)30(62(56,57)58)32(41,42)34(45,46)35(47,48)36(49,50)51/h4-6,8-9,14-19,22,25,30H,3,7,10-13,20H2,1-2H3,(H,56,57,58). The van der Waals surface area contributed by atoms with Crippen molar-refractivity contribution in [3.8, 4) is 16.9 Å². The lowest BCUT2D eigenvalue weighted by Gasteiger charge is -2.39. The molecule has 1 aliphatic carbocycles. The van der Waals surface area contributed by atoms with E-state index in [1.807, 2.05) is 35.1 Å². The van der Waals surface area contributed by atoms with E-state index in [9.17, 15) is 83.1 Å². The third kappa shape index (κ3) is 10.4. The molecule has 24 heteroatoms. The molecule has 0 bridgehead atoms. The van der Waals surface area contributed by atoms with Gasteiger partial charge in [0.05, 0.1) is 0 Å². The Bertz CT molecular complexity index is 2100. The van der Waals surface area contributed by atoms with Crippen LogP contribution in [0.5, 0.6) is 5.75 Å². The summed E-state index contributed by atoms with van der Waals surface area (Å²) in [5.74, 6) is -25.1. The fourth-order valence-electron chi connectivity index (χ4n) is 7.10. The highest BCUT2D eigenvalue weighted by Crippen LogP contribution is 2.58. The Hall–Kier alpha value is -3.90. The Labute approximate surface area is 342 Å². The number of alkyl halides is 17. The van der Waals surface area contributed by atoms with Crippen LogP contribution >= 0.6 is 0 Å².